The Morgan fingerprint density at radius 2 is 2.24 bits per heavy atom. The number of aromatic nitrogens is 1. The number of pyridine rings is 1. The Morgan fingerprint density at radius 3 is 3.06 bits per heavy atom. The minimum atomic E-state index is 0.515. The highest BCUT2D eigenvalue weighted by molar-refractivity contribution is 6.31. The number of aryl methyl sites for hydroxylation is 1. The molecule has 0 aliphatic carbocycles. The van der Waals surface area contributed by atoms with Gasteiger partial charge in [-0.2, -0.15) is 0 Å². The highest BCUT2D eigenvalue weighted by Gasteiger charge is 2.15. The fraction of sp³-hybridized carbons (Fsp3) is 0.615. The lowest BCUT2D eigenvalue weighted by atomic mass is 10.1. The van der Waals surface area contributed by atoms with Crippen molar-refractivity contribution in [2.24, 2.45) is 0 Å². The van der Waals surface area contributed by atoms with Crippen molar-refractivity contribution in [3.05, 3.63) is 23.0 Å². The molecule has 2 heterocycles. The molecule has 1 aromatic heterocycles. The Balaban J connectivity index is 2.02. The molecule has 0 spiro atoms. The van der Waals surface area contributed by atoms with Crippen LogP contribution in [0.2, 0.25) is 5.15 Å². The van der Waals surface area contributed by atoms with Crippen molar-refractivity contribution in [1.29, 1.82) is 0 Å². The lowest BCUT2D eigenvalue weighted by Gasteiger charge is -2.18. The summed E-state index contributed by atoms with van der Waals surface area (Å²) in [5.74, 6) is 0. The molecule has 94 valence electrons. The average molecular weight is 254 g/mol. The van der Waals surface area contributed by atoms with Gasteiger partial charge in [0.1, 0.15) is 0 Å². The summed E-state index contributed by atoms with van der Waals surface area (Å²) in [7, 11) is 2.18. The number of hydrogen-bond acceptors (Lipinski definition) is 3. The van der Waals surface area contributed by atoms with Gasteiger partial charge in [0.05, 0.1) is 5.69 Å². The molecule has 1 aromatic rings. The normalized spacial score (nSPS) is 22.2. The van der Waals surface area contributed by atoms with Crippen LogP contribution in [-0.2, 0) is 0 Å². The number of nitrogens with one attached hydrogen (secondary N) is 1. The van der Waals surface area contributed by atoms with Crippen LogP contribution in [0, 0.1) is 6.92 Å². The smallest absolute Gasteiger partial charge is 0.152 e. The van der Waals surface area contributed by atoms with Crippen LogP contribution in [0.25, 0.3) is 0 Å². The summed E-state index contributed by atoms with van der Waals surface area (Å²) in [6, 6.07) is 2.59. The van der Waals surface area contributed by atoms with Gasteiger partial charge in [-0.15, -0.1) is 0 Å². The third kappa shape index (κ3) is 3.58. The monoisotopic (exact) mass is 253 g/mol. The van der Waals surface area contributed by atoms with Gasteiger partial charge < -0.3 is 10.2 Å². The maximum Gasteiger partial charge on any atom is 0.152 e. The van der Waals surface area contributed by atoms with Gasteiger partial charge in [-0.25, -0.2) is 4.98 Å². The number of anilines is 1. The Hall–Kier alpha value is -0.800. The number of likely N-dealkylation sites (tertiary alicyclic amines) is 1. The molecule has 0 aromatic carbocycles. The summed E-state index contributed by atoms with van der Waals surface area (Å²) in [4.78, 5) is 6.56. The molecule has 1 saturated heterocycles. The quantitative estimate of drug-likeness (QED) is 0.822. The summed E-state index contributed by atoms with van der Waals surface area (Å²) in [5.41, 5.74) is 2.11. The second kappa shape index (κ2) is 5.69. The van der Waals surface area contributed by atoms with Gasteiger partial charge in [0.25, 0.3) is 0 Å². The van der Waals surface area contributed by atoms with Crippen LogP contribution in [0.15, 0.2) is 12.3 Å². The van der Waals surface area contributed by atoms with Crippen molar-refractivity contribution in [3.63, 3.8) is 0 Å². The number of nitrogens with zero attached hydrogens (tertiary/aromatic N) is 2. The molecule has 0 radical (unpaired) electrons. The van der Waals surface area contributed by atoms with Crippen molar-refractivity contribution in [3.8, 4) is 0 Å². The van der Waals surface area contributed by atoms with E-state index in [2.05, 4.69) is 28.3 Å². The van der Waals surface area contributed by atoms with Crippen molar-refractivity contribution < 1.29 is 0 Å². The molecular formula is C13H20ClN3. The zero-order valence-electron chi connectivity index (χ0n) is 10.5. The van der Waals surface area contributed by atoms with Crippen LogP contribution in [-0.4, -0.2) is 36.1 Å². The van der Waals surface area contributed by atoms with E-state index < -0.39 is 0 Å². The molecule has 4 heteroatoms. The average Bonchev–Trinajstić information content (AvgIpc) is 2.49. The third-order valence-electron chi connectivity index (χ3n) is 3.29. The second-order valence-corrected chi connectivity index (χ2v) is 5.28. The highest BCUT2D eigenvalue weighted by Crippen LogP contribution is 2.23. The van der Waals surface area contributed by atoms with E-state index in [1.807, 2.05) is 6.92 Å². The van der Waals surface area contributed by atoms with Gasteiger partial charge in [0, 0.05) is 12.2 Å². The van der Waals surface area contributed by atoms with E-state index in [4.69, 9.17) is 11.6 Å². The molecule has 1 aliphatic heterocycles. The van der Waals surface area contributed by atoms with Crippen LogP contribution in [0.3, 0.4) is 0 Å². The maximum atomic E-state index is 6.10. The van der Waals surface area contributed by atoms with E-state index in [0.717, 1.165) is 17.8 Å². The zero-order chi connectivity index (χ0) is 12.3. The first-order valence-electron chi connectivity index (χ1n) is 6.22. The Bertz CT molecular complexity index is 381. The molecule has 3 nitrogen and oxygen atoms in total. The van der Waals surface area contributed by atoms with Gasteiger partial charge in [0.2, 0.25) is 0 Å². The maximum absolute atomic E-state index is 6.10. The molecular weight excluding hydrogens is 234 g/mol. The van der Waals surface area contributed by atoms with E-state index in [1.165, 1.54) is 25.8 Å². The van der Waals surface area contributed by atoms with E-state index in [1.54, 1.807) is 6.20 Å². The molecule has 17 heavy (non-hydrogen) atoms. The standard InChI is InChI=1S/C13H20ClN3/c1-10-8-12(13(14)15-9-10)16-11-4-3-6-17(2)7-5-11/h8-9,11,16H,3-7H2,1-2H3. The summed E-state index contributed by atoms with van der Waals surface area (Å²) >= 11 is 6.10. The zero-order valence-corrected chi connectivity index (χ0v) is 11.3. The first-order valence-corrected chi connectivity index (χ1v) is 6.60. The van der Waals surface area contributed by atoms with Crippen molar-refractivity contribution in [1.82, 2.24) is 9.88 Å². The van der Waals surface area contributed by atoms with E-state index in [-0.39, 0.29) is 0 Å². The fourth-order valence-corrected chi connectivity index (χ4v) is 2.42. The predicted molar refractivity (Wildman–Crippen MR) is 72.7 cm³/mol. The Kier molecular flexibility index (Phi) is 4.24. The van der Waals surface area contributed by atoms with Crippen LogP contribution in [0.1, 0.15) is 24.8 Å². The molecule has 1 aliphatic rings. The minimum absolute atomic E-state index is 0.515. The summed E-state index contributed by atoms with van der Waals surface area (Å²) in [6.45, 7) is 4.38. The minimum Gasteiger partial charge on any atom is -0.380 e. The molecule has 0 bridgehead atoms. The summed E-state index contributed by atoms with van der Waals surface area (Å²) in [6.07, 6.45) is 5.41. The topological polar surface area (TPSA) is 28.2 Å². The number of hydrogen-bond donors (Lipinski definition) is 1. The first-order chi connectivity index (χ1) is 8.15. The number of rotatable bonds is 2. The number of halogens is 1. The van der Waals surface area contributed by atoms with Gasteiger partial charge in [0.15, 0.2) is 5.15 Å². The first kappa shape index (κ1) is 12.7. The summed E-state index contributed by atoms with van der Waals surface area (Å²) < 4.78 is 0. The summed E-state index contributed by atoms with van der Waals surface area (Å²) in [5, 5.41) is 4.11. The molecule has 1 N–H and O–H groups in total. The highest BCUT2D eigenvalue weighted by atomic mass is 35.5. The van der Waals surface area contributed by atoms with Gasteiger partial charge in [-0.3, -0.25) is 0 Å². The third-order valence-corrected chi connectivity index (χ3v) is 3.59. The Morgan fingerprint density at radius 1 is 1.41 bits per heavy atom. The van der Waals surface area contributed by atoms with Gasteiger partial charge >= 0.3 is 0 Å². The fourth-order valence-electron chi connectivity index (χ4n) is 2.26. The lowest BCUT2D eigenvalue weighted by molar-refractivity contribution is 0.348. The molecule has 2 rings (SSSR count). The van der Waals surface area contributed by atoms with Crippen LogP contribution < -0.4 is 5.32 Å². The SMILES string of the molecule is Cc1cnc(Cl)c(NC2CCCN(C)CC2)c1. The molecule has 1 fully saturated rings. The molecule has 0 saturated carbocycles. The Labute approximate surface area is 108 Å². The van der Waals surface area contributed by atoms with Gasteiger partial charge in [-0.1, -0.05) is 11.6 Å². The van der Waals surface area contributed by atoms with Crippen molar-refractivity contribution >= 4 is 17.3 Å². The van der Waals surface area contributed by atoms with Gasteiger partial charge in [-0.05, 0) is 58.0 Å². The predicted octanol–water partition coefficient (Wildman–Crippen LogP) is 2.94. The largest absolute Gasteiger partial charge is 0.380 e. The van der Waals surface area contributed by atoms with Crippen LogP contribution in [0.5, 0.6) is 0 Å². The van der Waals surface area contributed by atoms with Crippen LogP contribution >= 0.6 is 11.6 Å². The van der Waals surface area contributed by atoms with Crippen molar-refractivity contribution in [2.45, 2.75) is 32.2 Å². The molecule has 1 atom stereocenters. The second-order valence-electron chi connectivity index (χ2n) is 4.93. The van der Waals surface area contributed by atoms with E-state index in [9.17, 15) is 0 Å². The molecule has 1 unspecified atom stereocenters. The van der Waals surface area contributed by atoms with Crippen molar-refractivity contribution in [2.75, 3.05) is 25.5 Å². The lowest BCUT2D eigenvalue weighted by Crippen LogP contribution is -2.23. The molecule has 0 amide bonds. The van der Waals surface area contributed by atoms with E-state index >= 15 is 0 Å². The van der Waals surface area contributed by atoms with Crippen LogP contribution in [0.4, 0.5) is 5.69 Å². The van der Waals surface area contributed by atoms with E-state index in [0.29, 0.717) is 11.2 Å².